The Balaban J connectivity index is 1.32. The van der Waals surface area contributed by atoms with Gasteiger partial charge in [0.15, 0.2) is 0 Å². The topological polar surface area (TPSA) is 96.0 Å². The van der Waals surface area contributed by atoms with Gasteiger partial charge in [0.1, 0.15) is 11.1 Å². The number of ether oxygens (including phenoxy) is 1. The molecule has 0 radical (unpaired) electrons. The molecule has 39 heavy (non-hydrogen) atoms. The van der Waals surface area contributed by atoms with Crippen LogP contribution in [0.4, 0.5) is 5.69 Å². The maximum absolute atomic E-state index is 13.1. The molecule has 3 aromatic rings. The molecular weight excluding hydrogens is 558 g/mol. The molecule has 0 aromatic heterocycles. The number of methoxy groups -OCH3 is 1. The molecule has 0 bridgehead atoms. The van der Waals surface area contributed by atoms with E-state index in [-0.39, 0.29) is 21.9 Å². The predicted molar refractivity (Wildman–Crippen MR) is 153 cm³/mol. The van der Waals surface area contributed by atoms with Crippen molar-refractivity contribution in [3.63, 3.8) is 0 Å². The summed E-state index contributed by atoms with van der Waals surface area (Å²) < 4.78 is 32.9. The fourth-order valence-electron chi connectivity index (χ4n) is 4.70. The number of amides is 2. The summed E-state index contributed by atoms with van der Waals surface area (Å²) in [4.78, 5) is 27.6. The van der Waals surface area contributed by atoms with Gasteiger partial charge < -0.3 is 15.0 Å². The molecule has 8 nitrogen and oxygen atoms in total. The molecule has 0 unspecified atom stereocenters. The number of nitrogens with zero attached hydrogens (tertiary/aromatic N) is 2. The Bertz CT molecular complexity index is 1470. The number of thioether (sulfide) groups is 1. The zero-order valence-corrected chi connectivity index (χ0v) is 23.7. The first-order chi connectivity index (χ1) is 18.8. The summed E-state index contributed by atoms with van der Waals surface area (Å²) in [5.74, 6) is 0.400. The number of carbonyl (C=O) groups excluding carboxylic acids is 2. The molecule has 0 aliphatic carbocycles. The third-order valence-electron chi connectivity index (χ3n) is 6.81. The molecular formula is C28H28ClN3O5S2. The molecule has 2 aliphatic rings. The lowest BCUT2D eigenvalue weighted by molar-refractivity contribution is -0.128. The number of nitrogens with one attached hydrogen (secondary N) is 1. The van der Waals surface area contributed by atoms with Crippen LogP contribution >= 0.6 is 23.4 Å². The molecule has 3 aromatic carbocycles. The van der Waals surface area contributed by atoms with Gasteiger partial charge in [-0.1, -0.05) is 35.9 Å². The monoisotopic (exact) mass is 585 g/mol. The Kier molecular flexibility index (Phi) is 8.18. The lowest BCUT2D eigenvalue weighted by Gasteiger charge is -2.24. The van der Waals surface area contributed by atoms with Crippen molar-refractivity contribution < 1.29 is 22.7 Å². The van der Waals surface area contributed by atoms with Crippen LogP contribution in [0, 0.1) is 0 Å². The first kappa shape index (κ1) is 27.5. The third kappa shape index (κ3) is 5.94. The number of halogens is 1. The molecule has 2 heterocycles. The fourth-order valence-corrected chi connectivity index (χ4v) is 7.56. The molecule has 11 heteroatoms. The van der Waals surface area contributed by atoms with Gasteiger partial charge in [-0.2, -0.15) is 4.31 Å². The molecule has 1 N–H and O–H groups in total. The van der Waals surface area contributed by atoms with Crippen molar-refractivity contribution >= 4 is 50.9 Å². The summed E-state index contributed by atoms with van der Waals surface area (Å²) in [5, 5.41) is 3.27. The van der Waals surface area contributed by atoms with Gasteiger partial charge in [-0.3, -0.25) is 9.59 Å². The van der Waals surface area contributed by atoms with E-state index in [9.17, 15) is 18.0 Å². The third-order valence-corrected chi connectivity index (χ3v) is 10.2. The van der Waals surface area contributed by atoms with Crippen LogP contribution in [0.3, 0.4) is 0 Å². The zero-order valence-electron chi connectivity index (χ0n) is 21.3. The van der Waals surface area contributed by atoms with Crippen LogP contribution in [0.15, 0.2) is 71.6 Å². The number of rotatable bonds is 8. The lowest BCUT2D eigenvalue weighted by Crippen LogP contribution is -2.28. The molecule has 0 saturated carbocycles. The number of benzene rings is 3. The standard InChI is InChI=1S/C28H28ClN3O5S2/c1-37-25-13-12-23(39(35,36)31-14-2-3-15-31)16-24(25)30-27(34)20-6-8-21(9-7-20)28-32(26(33)18-38-28)17-19-4-10-22(29)11-5-19/h4-13,16,28H,2-3,14-15,17-18H2,1H3,(H,30,34)/t28-/m1/s1. The van der Waals surface area contributed by atoms with E-state index in [1.165, 1.54) is 23.5 Å². The minimum atomic E-state index is -3.65. The minimum absolute atomic E-state index is 0.0534. The van der Waals surface area contributed by atoms with Gasteiger partial charge in [0, 0.05) is 30.2 Å². The second-order valence-electron chi connectivity index (χ2n) is 9.36. The first-order valence-corrected chi connectivity index (χ1v) is 15.4. The molecule has 1 atom stereocenters. The molecule has 5 rings (SSSR count). The Hall–Kier alpha value is -3.05. The molecule has 2 aliphatic heterocycles. The summed E-state index contributed by atoms with van der Waals surface area (Å²) in [6.45, 7) is 1.45. The summed E-state index contributed by atoms with van der Waals surface area (Å²) in [6, 6.07) is 19.0. The van der Waals surface area contributed by atoms with Gasteiger partial charge in [0.25, 0.3) is 5.91 Å². The average Bonchev–Trinajstić information content (AvgIpc) is 3.61. The summed E-state index contributed by atoms with van der Waals surface area (Å²) in [5.41, 5.74) is 2.57. The molecule has 2 amide bonds. The highest BCUT2D eigenvalue weighted by atomic mass is 35.5. The van der Waals surface area contributed by atoms with Crippen LogP contribution in [0.2, 0.25) is 5.02 Å². The van der Waals surface area contributed by atoms with Crippen LogP contribution in [0.25, 0.3) is 0 Å². The Labute approximate surface area is 237 Å². The van der Waals surface area contributed by atoms with E-state index >= 15 is 0 Å². The summed E-state index contributed by atoms with van der Waals surface area (Å²) in [6.07, 6.45) is 1.67. The Morgan fingerprint density at radius 3 is 2.41 bits per heavy atom. The maximum Gasteiger partial charge on any atom is 0.255 e. The van der Waals surface area contributed by atoms with Gasteiger partial charge in [0.2, 0.25) is 15.9 Å². The van der Waals surface area contributed by atoms with Crippen LogP contribution in [0.5, 0.6) is 5.75 Å². The maximum atomic E-state index is 13.1. The lowest BCUT2D eigenvalue weighted by atomic mass is 10.1. The quantitative estimate of drug-likeness (QED) is 0.392. The largest absolute Gasteiger partial charge is 0.495 e. The second kappa shape index (κ2) is 11.6. The van der Waals surface area contributed by atoms with Crippen LogP contribution in [-0.2, 0) is 21.4 Å². The van der Waals surface area contributed by atoms with E-state index in [0.29, 0.717) is 41.7 Å². The predicted octanol–water partition coefficient (Wildman–Crippen LogP) is 5.16. The minimum Gasteiger partial charge on any atom is -0.495 e. The Morgan fingerprint density at radius 2 is 1.74 bits per heavy atom. The van der Waals surface area contributed by atoms with Crippen molar-refractivity contribution in [3.8, 4) is 5.75 Å². The fraction of sp³-hybridized carbons (Fsp3) is 0.286. The van der Waals surface area contributed by atoms with E-state index in [4.69, 9.17) is 16.3 Å². The molecule has 204 valence electrons. The smallest absolute Gasteiger partial charge is 0.255 e. The van der Waals surface area contributed by atoms with E-state index in [2.05, 4.69) is 5.32 Å². The highest BCUT2D eigenvalue weighted by molar-refractivity contribution is 8.00. The van der Waals surface area contributed by atoms with Crippen molar-refractivity contribution in [2.24, 2.45) is 0 Å². The van der Waals surface area contributed by atoms with Gasteiger partial charge in [-0.05, 0) is 66.4 Å². The number of anilines is 1. The second-order valence-corrected chi connectivity index (χ2v) is 12.8. The van der Waals surface area contributed by atoms with Gasteiger partial charge in [-0.15, -0.1) is 11.8 Å². The highest BCUT2D eigenvalue weighted by Crippen LogP contribution is 2.40. The van der Waals surface area contributed by atoms with Crippen molar-refractivity contribution in [3.05, 3.63) is 88.4 Å². The van der Waals surface area contributed by atoms with E-state index in [0.717, 1.165) is 24.0 Å². The number of carbonyl (C=O) groups is 2. The summed E-state index contributed by atoms with van der Waals surface area (Å²) >= 11 is 7.53. The van der Waals surface area contributed by atoms with Gasteiger partial charge >= 0.3 is 0 Å². The average molecular weight is 586 g/mol. The SMILES string of the molecule is COc1ccc(S(=O)(=O)N2CCCC2)cc1NC(=O)c1ccc([C@H]2SCC(=O)N2Cc2ccc(Cl)cc2)cc1. The van der Waals surface area contributed by atoms with Crippen molar-refractivity contribution in [2.75, 3.05) is 31.3 Å². The summed E-state index contributed by atoms with van der Waals surface area (Å²) in [7, 11) is -2.19. The van der Waals surface area contributed by atoms with Gasteiger partial charge in [-0.25, -0.2) is 8.42 Å². The normalized spacial score (nSPS) is 17.9. The van der Waals surface area contributed by atoms with Crippen molar-refractivity contribution in [2.45, 2.75) is 29.7 Å². The van der Waals surface area contributed by atoms with Crippen LogP contribution in [0.1, 0.15) is 39.7 Å². The molecule has 2 fully saturated rings. The highest BCUT2D eigenvalue weighted by Gasteiger charge is 2.33. The molecule has 0 spiro atoms. The Morgan fingerprint density at radius 1 is 1.05 bits per heavy atom. The van der Waals surface area contributed by atoms with E-state index in [1.807, 2.05) is 29.2 Å². The van der Waals surface area contributed by atoms with E-state index < -0.39 is 15.9 Å². The number of sulfonamides is 1. The molecule has 2 saturated heterocycles. The number of hydrogen-bond donors (Lipinski definition) is 1. The van der Waals surface area contributed by atoms with Crippen LogP contribution < -0.4 is 10.1 Å². The van der Waals surface area contributed by atoms with Crippen molar-refractivity contribution in [1.82, 2.24) is 9.21 Å². The van der Waals surface area contributed by atoms with E-state index in [1.54, 1.807) is 42.1 Å². The van der Waals surface area contributed by atoms with Crippen LogP contribution in [-0.4, -0.2) is 55.4 Å². The van der Waals surface area contributed by atoms with Gasteiger partial charge in [0.05, 0.1) is 23.4 Å². The van der Waals surface area contributed by atoms with Crippen molar-refractivity contribution in [1.29, 1.82) is 0 Å². The zero-order chi connectivity index (χ0) is 27.6. The number of hydrogen-bond acceptors (Lipinski definition) is 6. The first-order valence-electron chi connectivity index (χ1n) is 12.5.